The minimum absolute atomic E-state index is 0.584. The zero-order chi connectivity index (χ0) is 39.6. The number of rotatable bonds is 7. The van der Waals surface area contributed by atoms with Crippen LogP contribution in [0.3, 0.4) is 0 Å². The van der Waals surface area contributed by atoms with Gasteiger partial charge in [-0.05, 0) is 95.6 Å². The third-order valence-electron chi connectivity index (χ3n) is 11.6. The first-order valence-electron chi connectivity index (χ1n) is 20.2. The SMILES string of the molecule is c1ccc(-c2cccc(N(c3ccc(-c4cc5oc(-c6ccccc6)nc5c5c4oc4ccccc45)cc3)c3cccc4c3c3ccccc3n4-c3ccccc3)c2)cc1. The molecule has 0 atom stereocenters. The van der Waals surface area contributed by atoms with Crippen LogP contribution < -0.4 is 4.90 Å². The maximum Gasteiger partial charge on any atom is 0.227 e. The third-order valence-corrected chi connectivity index (χ3v) is 11.6. The Bertz CT molecular complexity index is 3530. The molecule has 0 saturated carbocycles. The van der Waals surface area contributed by atoms with Crippen molar-refractivity contribution in [2.24, 2.45) is 0 Å². The van der Waals surface area contributed by atoms with E-state index in [2.05, 4.69) is 173 Å². The molecule has 12 aromatic rings. The first kappa shape index (κ1) is 33.9. The summed E-state index contributed by atoms with van der Waals surface area (Å²) >= 11 is 0. The second-order valence-electron chi connectivity index (χ2n) is 15.1. The summed E-state index contributed by atoms with van der Waals surface area (Å²) in [5.74, 6) is 0.584. The van der Waals surface area contributed by atoms with Crippen LogP contribution in [0.4, 0.5) is 17.1 Å². The Balaban J connectivity index is 1.07. The van der Waals surface area contributed by atoms with Gasteiger partial charge in [0.05, 0.1) is 22.1 Å². The minimum Gasteiger partial charge on any atom is -0.455 e. The van der Waals surface area contributed by atoms with Crippen molar-refractivity contribution in [3.05, 3.63) is 212 Å². The Hall–Kier alpha value is -8.15. The molecule has 0 bridgehead atoms. The highest BCUT2D eigenvalue weighted by Gasteiger charge is 2.24. The molecule has 0 radical (unpaired) electrons. The van der Waals surface area contributed by atoms with E-state index in [0.717, 1.165) is 83.5 Å². The molecule has 0 N–H and O–H groups in total. The average molecular weight is 770 g/mol. The van der Waals surface area contributed by atoms with E-state index in [9.17, 15) is 0 Å². The number of hydrogen-bond acceptors (Lipinski definition) is 4. The molecule has 3 aromatic heterocycles. The van der Waals surface area contributed by atoms with Gasteiger partial charge in [0.15, 0.2) is 5.58 Å². The Kier molecular flexibility index (Phi) is 7.78. The molecular weight excluding hydrogens is 735 g/mol. The summed E-state index contributed by atoms with van der Waals surface area (Å²) in [7, 11) is 0. The van der Waals surface area contributed by atoms with Gasteiger partial charge < -0.3 is 18.3 Å². The lowest BCUT2D eigenvalue weighted by Crippen LogP contribution is -2.10. The minimum atomic E-state index is 0.584. The fourth-order valence-corrected chi connectivity index (χ4v) is 8.91. The summed E-state index contributed by atoms with van der Waals surface area (Å²) in [5.41, 5.74) is 14.9. The van der Waals surface area contributed by atoms with Crippen LogP contribution in [-0.4, -0.2) is 9.55 Å². The summed E-state index contributed by atoms with van der Waals surface area (Å²) in [5, 5.41) is 4.33. The predicted molar refractivity (Wildman–Crippen MR) is 247 cm³/mol. The van der Waals surface area contributed by atoms with E-state index < -0.39 is 0 Å². The summed E-state index contributed by atoms with van der Waals surface area (Å²) < 4.78 is 15.6. The Morgan fingerprint density at radius 2 is 1.07 bits per heavy atom. The molecule has 12 rings (SSSR count). The highest BCUT2D eigenvalue weighted by atomic mass is 16.4. The Labute approximate surface area is 345 Å². The fraction of sp³-hybridized carbons (Fsp3) is 0. The van der Waals surface area contributed by atoms with Crippen LogP contribution in [0, 0.1) is 0 Å². The number of oxazole rings is 1. The summed E-state index contributed by atoms with van der Waals surface area (Å²) in [4.78, 5) is 7.43. The Morgan fingerprint density at radius 1 is 0.417 bits per heavy atom. The molecule has 0 aliphatic rings. The first-order chi connectivity index (χ1) is 29.8. The van der Waals surface area contributed by atoms with Crippen LogP contribution in [0.25, 0.3) is 94.2 Å². The zero-order valence-electron chi connectivity index (χ0n) is 32.4. The number of nitrogens with zero attached hydrogens (tertiary/aromatic N) is 3. The topological polar surface area (TPSA) is 47.3 Å². The van der Waals surface area contributed by atoms with Gasteiger partial charge in [0.1, 0.15) is 16.7 Å². The molecule has 0 fully saturated rings. The maximum atomic E-state index is 6.67. The van der Waals surface area contributed by atoms with Crippen LogP contribution in [0.15, 0.2) is 221 Å². The van der Waals surface area contributed by atoms with E-state index in [0.29, 0.717) is 11.5 Å². The van der Waals surface area contributed by atoms with Gasteiger partial charge in [-0.3, -0.25) is 0 Å². The van der Waals surface area contributed by atoms with Crippen molar-refractivity contribution < 1.29 is 8.83 Å². The Morgan fingerprint density at radius 3 is 1.87 bits per heavy atom. The molecule has 5 nitrogen and oxygen atoms in total. The quantitative estimate of drug-likeness (QED) is 0.162. The van der Waals surface area contributed by atoms with Gasteiger partial charge in [-0.1, -0.05) is 133 Å². The smallest absolute Gasteiger partial charge is 0.227 e. The van der Waals surface area contributed by atoms with Crippen LogP contribution in [-0.2, 0) is 0 Å². The monoisotopic (exact) mass is 769 g/mol. The molecule has 3 heterocycles. The van der Waals surface area contributed by atoms with Gasteiger partial charge in [-0.2, -0.15) is 0 Å². The van der Waals surface area contributed by atoms with E-state index in [4.69, 9.17) is 13.8 Å². The van der Waals surface area contributed by atoms with Crippen molar-refractivity contribution in [3.8, 4) is 39.4 Å². The predicted octanol–water partition coefficient (Wildman–Crippen LogP) is 15.3. The second-order valence-corrected chi connectivity index (χ2v) is 15.1. The number of para-hydroxylation sites is 3. The molecule has 0 aliphatic carbocycles. The van der Waals surface area contributed by atoms with Crippen LogP contribution in [0.1, 0.15) is 0 Å². The van der Waals surface area contributed by atoms with Gasteiger partial charge in [-0.15, -0.1) is 0 Å². The average Bonchev–Trinajstić information content (AvgIpc) is 4.03. The number of aromatic nitrogens is 2. The first-order valence-corrected chi connectivity index (χ1v) is 20.2. The largest absolute Gasteiger partial charge is 0.455 e. The van der Waals surface area contributed by atoms with Gasteiger partial charge in [-0.25, -0.2) is 4.98 Å². The molecule has 0 aliphatic heterocycles. The number of hydrogen-bond donors (Lipinski definition) is 0. The molecule has 60 heavy (non-hydrogen) atoms. The lowest BCUT2D eigenvalue weighted by molar-refractivity contribution is 0.619. The lowest BCUT2D eigenvalue weighted by Gasteiger charge is -2.27. The molecule has 5 heteroatoms. The third kappa shape index (κ3) is 5.44. The van der Waals surface area contributed by atoms with Crippen molar-refractivity contribution in [2.75, 3.05) is 4.90 Å². The molecule has 0 amide bonds. The molecular formula is C55H35N3O2. The summed E-state index contributed by atoms with van der Waals surface area (Å²) in [6.45, 7) is 0. The number of fused-ring (bicyclic) bond motifs is 8. The molecule has 9 aromatic carbocycles. The molecule has 282 valence electrons. The van der Waals surface area contributed by atoms with Crippen molar-refractivity contribution in [2.45, 2.75) is 0 Å². The molecule has 0 spiro atoms. The molecule has 0 saturated heterocycles. The van der Waals surface area contributed by atoms with Gasteiger partial charge in [0.2, 0.25) is 5.89 Å². The lowest BCUT2D eigenvalue weighted by atomic mass is 10.00. The zero-order valence-corrected chi connectivity index (χ0v) is 32.4. The van der Waals surface area contributed by atoms with Crippen molar-refractivity contribution in [1.29, 1.82) is 0 Å². The highest BCUT2D eigenvalue weighted by Crippen LogP contribution is 2.46. The van der Waals surface area contributed by atoms with Crippen LogP contribution in [0.2, 0.25) is 0 Å². The van der Waals surface area contributed by atoms with Gasteiger partial charge >= 0.3 is 0 Å². The number of benzene rings is 9. The standard InChI is InChI=1S/C55H35N3O2/c1-4-16-36(17-5-1)39-20-14-23-42(34-39)57(47-27-15-28-48-51(47)43-24-10-12-26-46(43)58(48)40-21-8-3-9-22-40)41-32-30-37(31-33-41)45-35-50-53(56-55(60-50)38-18-6-2-7-19-38)52-44-25-11-13-29-49(44)59-54(45)52/h1-35H. The van der Waals surface area contributed by atoms with E-state index in [1.807, 2.05) is 48.5 Å². The second kappa shape index (κ2) is 13.8. The van der Waals surface area contributed by atoms with Crippen molar-refractivity contribution >= 4 is 71.9 Å². The summed E-state index contributed by atoms with van der Waals surface area (Å²) in [6, 6.07) is 74.5. The highest BCUT2D eigenvalue weighted by molar-refractivity contribution is 6.21. The van der Waals surface area contributed by atoms with Gasteiger partial charge in [0, 0.05) is 44.3 Å². The van der Waals surface area contributed by atoms with Crippen LogP contribution >= 0.6 is 0 Å². The van der Waals surface area contributed by atoms with E-state index in [1.165, 1.54) is 16.3 Å². The molecule has 0 unspecified atom stereocenters. The van der Waals surface area contributed by atoms with Crippen molar-refractivity contribution in [1.82, 2.24) is 9.55 Å². The maximum absolute atomic E-state index is 6.67. The van der Waals surface area contributed by atoms with E-state index in [1.54, 1.807) is 0 Å². The van der Waals surface area contributed by atoms with Crippen LogP contribution in [0.5, 0.6) is 0 Å². The van der Waals surface area contributed by atoms with Crippen molar-refractivity contribution in [3.63, 3.8) is 0 Å². The van der Waals surface area contributed by atoms with E-state index in [-0.39, 0.29) is 0 Å². The number of furan rings is 1. The fourth-order valence-electron chi connectivity index (χ4n) is 8.91. The normalized spacial score (nSPS) is 11.7. The summed E-state index contributed by atoms with van der Waals surface area (Å²) in [6.07, 6.45) is 0. The number of anilines is 3. The van der Waals surface area contributed by atoms with Gasteiger partial charge in [0.25, 0.3) is 0 Å². The van der Waals surface area contributed by atoms with E-state index >= 15 is 0 Å².